The zero-order valence-electron chi connectivity index (χ0n) is 15.8. The van der Waals surface area contributed by atoms with Crippen LogP contribution >= 0.6 is 0 Å². The summed E-state index contributed by atoms with van der Waals surface area (Å²) in [6.07, 6.45) is 1.68. The monoisotopic (exact) mass is 324 g/mol. The Balaban J connectivity index is 2.51. The van der Waals surface area contributed by atoms with Crippen molar-refractivity contribution in [2.24, 2.45) is 0 Å². The fraction of sp³-hybridized carbons (Fsp3) is 0.765. The molecule has 0 saturated carbocycles. The van der Waals surface area contributed by atoms with Gasteiger partial charge in [0.15, 0.2) is 0 Å². The lowest BCUT2D eigenvalue weighted by atomic mass is 10.1. The minimum absolute atomic E-state index is 0.247. The number of aryl methyl sites for hydroxylation is 1. The van der Waals surface area contributed by atoms with Crippen LogP contribution in [-0.2, 0) is 11.3 Å². The van der Waals surface area contributed by atoms with Gasteiger partial charge in [-0.25, -0.2) is 4.79 Å². The fourth-order valence-electron chi connectivity index (χ4n) is 1.96. The predicted octanol–water partition coefficient (Wildman–Crippen LogP) is 3.17. The number of nitrogens with zero attached hydrogens (tertiary/aromatic N) is 2. The highest BCUT2D eigenvalue weighted by atomic mass is 16.6. The average molecular weight is 324 g/mol. The van der Waals surface area contributed by atoms with E-state index in [9.17, 15) is 4.79 Å². The molecule has 0 aliphatic rings. The molecule has 0 aromatic carbocycles. The lowest BCUT2D eigenvalue weighted by Gasteiger charge is -2.28. The van der Waals surface area contributed by atoms with Crippen LogP contribution in [0.1, 0.15) is 65.8 Å². The van der Waals surface area contributed by atoms with Gasteiger partial charge in [0.25, 0.3) is 0 Å². The molecule has 1 rings (SSSR count). The third-order valence-corrected chi connectivity index (χ3v) is 3.38. The van der Waals surface area contributed by atoms with Gasteiger partial charge in [-0.15, -0.1) is 0 Å². The van der Waals surface area contributed by atoms with Crippen LogP contribution in [0.4, 0.5) is 4.79 Å². The molecule has 0 aliphatic carbocycles. The summed E-state index contributed by atoms with van der Waals surface area (Å²) in [5.74, 6) is 0. The topological polar surface area (TPSA) is 68.2 Å². The molecule has 2 N–H and O–H groups in total. The van der Waals surface area contributed by atoms with E-state index < -0.39 is 11.7 Å². The molecular weight excluding hydrogens is 292 g/mol. The van der Waals surface area contributed by atoms with Crippen molar-refractivity contribution in [2.75, 3.05) is 6.54 Å². The zero-order chi connectivity index (χ0) is 17.8. The SMILES string of the molecule is Cc1nn(C(C)C)cc1CNC(C)(C)CNC(=O)OC(C)(C)C. The summed E-state index contributed by atoms with van der Waals surface area (Å²) in [5.41, 5.74) is 1.47. The number of ether oxygens (including phenoxy) is 1. The Morgan fingerprint density at radius 2 is 1.91 bits per heavy atom. The van der Waals surface area contributed by atoms with Gasteiger partial charge < -0.3 is 15.4 Å². The van der Waals surface area contributed by atoms with Crippen molar-refractivity contribution in [2.45, 2.75) is 79.1 Å². The van der Waals surface area contributed by atoms with E-state index in [1.54, 1.807) is 0 Å². The minimum atomic E-state index is -0.482. The van der Waals surface area contributed by atoms with Gasteiger partial charge in [-0.2, -0.15) is 5.10 Å². The van der Waals surface area contributed by atoms with Crippen LogP contribution in [0.3, 0.4) is 0 Å². The Morgan fingerprint density at radius 1 is 1.30 bits per heavy atom. The zero-order valence-corrected chi connectivity index (χ0v) is 15.8. The summed E-state index contributed by atoms with van der Waals surface area (Å²) in [4.78, 5) is 11.7. The highest BCUT2D eigenvalue weighted by molar-refractivity contribution is 5.67. The molecule has 0 spiro atoms. The molecule has 0 bridgehead atoms. The lowest BCUT2D eigenvalue weighted by molar-refractivity contribution is 0.0513. The van der Waals surface area contributed by atoms with Crippen LogP contribution in [0, 0.1) is 6.92 Å². The Morgan fingerprint density at radius 3 is 2.39 bits per heavy atom. The maximum absolute atomic E-state index is 11.7. The Hall–Kier alpha value is -1.56. The van der Waals surface area contributed by atoms with Gasteiger partial charge in [0, 0.05) is 36.4 Å². The quantitative estimate of drug-likeness (QED) is 0.843. The summed E-state index contributed by atoms with van der Waals surface area (Å²) in [6, 6.07) is 0.351. The van der Waals surface area contributed by atoms with Crippen molar-refractivity contribution in [1.29, 1.82) is 0 Å². The number of rotatable bonds is 6. The highest BCUT2D eigenvalue weighted by Crippen LogP contribution is 2.12. The number of aromatic nitrogens is 2. The van der Waals surface area contributed by atoms with E-state index in [1.165, 1.54) is 5.56 Å². The second-order valence-corrected chi connectivity index (χ2v) is 7.91. The molecule has 132 valence electrons. The van der Waals surface area contributed by atoms with Crippen molar-refractivity contribution in [3.05, 3.63) is 17.5 Å². The van der Waals surface area contributed by atoms with Crippen molar-refractivity contribution in [3.8, 4) is 0 Å². The molecule has 0 aliphatic heterocycles. The molecular formula is C17H32N4O2. The first-order chi connectivity index (χ1) is 10.4. The van der Waals surface area contributed by atoms with Gasteiger partial charge in [0.2, 0.25) is 0 Å². The fourth-order valence-corrected chi connectivity index (χ4v) is 1.96. The molecule has 23 heavy (non-hydrogen) atoms. The molecule has 6 nitrogen and oxygen atoms in total. The molecule has 0 atom stereocenters. The normalized spacial score (nSPS) is 12.6. The summed E-state index contributed by atoms with van der Waals surface area (Å²) in [7, 11) is 0. The van der Waals surface area contributed by atoms with Crippen LogP contribution in [0.2, 0.25) is 0 Å². The van der Waals surface area contributed by atoms with Crippen molar-refractivity contribution in [1.82, 2.24) is 20.4 Å². The van der Waals surface area contributed by atoms with Crippen molar-refractivity contribution < 1.29 is 9.53 Å². The summed E-state index contributed by atoms with van der Waals surface area (Å²) >= 11 is 0. The number of carbonyl (C=O) groups excluding carboxylic acids is 1. The van der Waals surface area contributed by atoms with Crippen molar-refractivity contribution in [3.63, 3.8) is 0 Å². The van der Waals surface area contributed by atoms with Gasteiger partial charge in [-0.3, -0.25) is 4.68 Å². The Bertz CT molecular complexity index is 527. The predicted molar refractivity (Wildman–Crippen MR) is 92.5 cm³/mol. The largest absolute Gasteiger partial charge is 0.444 e. The van der Waals surface area contributed by atoms with E-state index in [4.69, 9.17) is 4.74 Å². The molecule has 0 fully saturated rings. The summed E-state index contributed by atoms with van der Waals surface area (Å²) in [5, 5.41) is 10.8. The second-order valence-electron chi connectivity index (χ2n) is 7.91. The van der Waals surface area contributed by atoms with Crippen LogP contribution in [0.5, 0.6) is 0 Å². The van der Waals surface area contributed by atoms with Gasteiger partial charge in [-0.05, 0) is 55.4 Å². The number of hydrogen-bond acceptors (Lipinski definition) is 4. The third-order valence-electron chi connectivity index (χ3n) is 3.38. The first-order valence-electron chi connectivity index (χ1n) is 8.16. The van der Waals surface area contributed by atoms with Gasteiger partial charge in [-0.1, -0.05) is 0 Å². The number of amides is 1. The Kier molecular flexibility index (Phi) is 6.22. The van der Waals surface area contributed by atoms with E-state index in [0.29, 0.717) is 19.1 Å². The molecule has 1 amide bonds. The van der Waals surface area contributed by atoms with E-state index in [2.05, 4.69) is 35.8 Å². The molecule has 0 unspecified atom stereocenters. The first kappa shape index (κ1) is 19.5. The Labute approximate surface area is 140 Å². The molecule has 1 aromatic rings. The number of hydrogen-bond donors (Lipinski definition) is 2. The molecule has 6 heteroatoms. The number of alkyl carbamates (subject to hydrolysis) is 1. The van der Waals surface area contributed by atoms with E-state index in [1.807, 2.05) is 46.2 Å². The molecule has 1 aromatic heterocycles. The van der Waals surface area contributed by atoms with Gasteiger partial charge >= 0.3 is 6.09 Å². The standard InChI is InChI=1S/C17H32N4O2/c1-12(2)21-10-14(13(3)20-21)9-19-17(7,8)11-18-15(22)23-16(4,5)6/h10,12,19H,9,11H2,1-8H3,(H,18,22). The van der Waals surface area contributed by atoms with Gasteiger partial charge in [0.1, 0.15) is 5.60 Å². The second kappa shape index (κ2) is 7.34. The first-order valence-corrected chi connectivity index (χ1v) is 8.16. The lowest BCUT2D eigenvalue weighted by Crippen LogP contribution is -2.49. The highest BCUT2D eigenvalue weighted by Gasteiger charge is 2.21. The molecule has 0 radical (unpaired) electrons. The van der Waals surface area contributed by atoms with Crippen molar-refractivity contribution >= 4 is 6.09 Å². The van der Waals surface area contributed by atoms with Gasteiger partial charge in [0.05, 0.1) is 5.69 Å². The smallest absolute Gasteiger partial charge is 0.407 e. The van der Waals surface area contributed by atoms with Crippen LogP contribution in [0.15, 0.2) is 6.20 Å². The maximum atomic E-state index is 11.7. The molecule has 1 heterocycles. The van der Waals surface area contributed by atoms with E-state index >= 15 is 0 Å². The summed E-state index contributed by atoms with van der Waals surface area (Å²) in [6.45, 7) is 17.1. The van der Waals surface area contributed by atoms with Crippen LogP contribution in [0.25, 0.3) is 0 Å². The summed E-state index contributed by atoms with van der Waals surface area (Å²) < 4.78 is 7.22. The third kappa shape index (κ3) is 7.03. The van der Waals surface area contributed by atoms with Crippen LogP contribution in [-0.4, -0.2) is 33.6 Å². The number of nitrogens with one attached hydrogen (secondary N) is 2. The average Bonchev–Trinajstić information content (AvgIpc) is 2.74. The van der Waals surface area contributed by atoms with E-state index in [-0.39, 0.29) is 5.54 Å². The minimum Gasteiger partial charge on any atom is -0.444 e. The number of carbonyl (C=O) groups is 1. The van der Waals surface area contributed by atoms with E-state index in [0.717, 1.165) is 5.69 Å². The molecule has 0 saturated heterocycles. The maximum Gasteiger partial charge on any atom is 0.407 e. The van der Waals surface area contributed by atoms with Crippen LogP contribution < -0.4 is 10.6 Å².